The number of alkyl halides is 2. The number of rotatable bonds is 2. The van der Waals surface area contributed by atoms with Crippen molar-refractivity contribution in [1.82, 2.24) is 0 Å². The van der Waals surface area contributed by atoms with Crippen molar-refractivity contribution in [3.63, 3.8) is 0 Å². The average molecular weight is 142 g/mol. The van der Waals surface area contributed by atoms with Gasteiger partial charge < -0.3 is 5.11 Å². The largest absolute Gasteiger partial charge is 0.387 e. The van der Waals surface area contributed by atoms with Crippen LogP contribution in [0.25, 0.3) is 0 Å². The molecule has 0 aliphatic rings. The molecule has 43 valence electrons. The molecule has 0 spiro atoms. The van der Waals surface area contributed by atoms with Crippen molar-refractivity contribution in [1.29, 1.82) is 0 Å². The fraction of sp³-hybridized carbons (Fsp3) is 0.750. The highest BCUT2D eigenvalue weighted by molar-refractivity contribution is 6.49. The van der Waals surface area contributed by atoms with Crippen molar-refractivity contribution in [2.24, 2.45) is 0 Å². The van der Waals surface area contributed by atoms with Crippen molar-refractivity contribution in [2.45, 2.75) is 17.7 Å². The molecule has 0 atom stereocenters. The van der Waals surface area contributed by atoms with E-state index in [2.05, 4.69) is 0 Å². The number of aliphatic hydroxyl groups excluding tert-OH is 1. The van der Waals surface area contributed by atoms with Gasteiger partial charge in [0.15, 0.2) is 0 Å². The van der Waals surface area contributed by atoms with Gasteiger partial charge in [0.2, 0.25) is 0 Å². The molecule has 1 N–H and O–H groups in total. The molecular weight excluding hydrogens is 135 g/mol. The van der Waals surface area contributed by atoms with Crippen LogP contribution in [0, 0.1) is 6.61 Å². The molecular formula is C4H7Cl2O. The molecule has 0 rings (SSSR count). The quantitative estimate of drug-likeness (QED) is 0.585. The molecule has 0 aromatic carbocycles. The van der Waals surface area contributed by atoms with Crippen LogP contribution in [-0.4, -0.2) is 9.44 Å². The second kappa shape index (κ2) is 2.75. The average Bonchev–Trinajstić information content (AvgIpc) is 1.68. The van der Waals surface area contributed by atoms with Crippen LogP contribution in [0.2, 0.25) is 0 Å². The van der Waals surface area contributed by atoms with Crippen LogP contribution in [0.15, 0.2) is 0 Å². The predicted octanol–water partition coefficient (Wildman–Crippen LogP) is 2.10. The van der Waals surface area contributed by atoms with E-state index in [0.29, 0.717) is 6.42 Å². The first-order valence-electron chi connectivity index (χ1n) is 1.99. The van der Waals surface area contributed by atoms with E-state index in [1.807, 2.05) is 0 Å². The zero-order valence-electron chi connectivity index (χ0n) is 3.99. The lowest BCUT2D eigenvalue weighted by molar-refractivity contribution is 0.363. The molecule has 0 heterocycles. The highest BCUT2D eigenvalue weighted by Gasteiger charge is 2.19. The van der Waals surface area contributed by atoms with Crippen molar-refractivity contribution in [2.75, 3.05) is 0 Å². The Kier molecular flexibility index (Phi) is 2.96. The Bertz CT molecular complexity index is 47.7. The van der Waals surface area contributed by atoms with E-state index in [-0.39, 0.29) is 0 Å². The Balaban J connectivity index is 3.36. The summed E-state index contributed by atoms with van der Waals surface area (Å²) < 4.78 is -1.04. The molecule has 0 saturated heterocycles. The minimum Gasteiger partial charge on any atom is -0.387 e. The Labute approximate surface area is 53.2 Å². The van der Waals surface area contributed by atoms with Gasteiger partial charge >= 0.3 is 0 Å². The summed E-state index contributed by atoms with van der Waals surface area (Å²) in [5.74, 6) is 0. The maximum absolute atomic E-state index is 8.21. The van der Waals surface area contributed by atoms with Crippen LogP contribution < -0.4 is 0 Å². The third kappa shape index (κ3) is 3.15. The van der Waals surface area contributed by atoms with Gasteiger partial charge in [-0.2, -0.15) is 0 Å². The number of halogens is 2. The zero-order valence-corrected chi connectivity index (χ0v) is 5.50. The summed E-state index contributed by atoms with van der Waals surface area (Å²) in [4.78, 5) is 0. The summed E-state index contributed by atoms with van der Waals surface area (Å²) in [6.45, 7) is 2.56. The van der Waals surface area contributed by atoms with Crippen LogP contribution in [0.4, 0.5) is 0 Å². The monoisotopic (exact) mass is 141 g/mol. The van der Waals surface area contributed by atoms with Crippen molar-refractivity contribution < 1.29 is 5.11 Å². The first kappa shape index (κ1) is 7.54. The first-order chi connectivity index (χ1) is 3.12. The summed E-state index contributed by atoms with van der Waals surface area (Å²) in [6, 6.07) is 0. The number of hydrogen-bond donors (Lipinski definition) is 1. The molecule has 0 amide bonds. The second-order valence-electron chi connectivity index (χ2n) is 1.24. The van der Waals surface area contributed by atoms with Crippen LogP contribution in [-0.2, 0) is 0 Å². The van der Waals surface area contributed by atoms with Gasteiger partial charge in [0.1, 0.15) is 10.9 Å². The minimum atomic E-state index is -1.04. The lowest BCUT2D eigenvalue weighted by Crippen LogP contribution is -2.10. The Morgan fingerprint density at radius 1 is 1.71 bits per heavy atom. The van der Waals surface area contributed by atoms with Gasteiger partial charge in [-0.3, -0.25) is 0 Å². The summed E-state index contributed by atoms with van der Waals surface area (Å²) >= 11 is 10.7. The fourth-order valence-corrected chi connectivity index (χ4v) is 0.0913. The normalized spacial score (nSPS) is 12.0. The van der Waals surface area contributed by atoms with E-state index in [1.54, 1.807) is 6.92 Å². The molecule has 0 bridgehead atoms. The Hall–Kier alpha value is 0.540. The molecule has 1 nitrogen and oxygen atoms in total. The van der Waals surface area contributed by atoms with Crippen LogP contribution in [0.1, 0.15) is 13.3 Å². The molecule has 0 saturated carbocycles. The summed E-state index contributed by atoms with van der Waals surface area (Å²) in [6.07, 6.45) is 0.520. The van der Waals surface area contributed by atoms with Crippen molar-refractivity contribution in [3.8, 4) is 0 Å². The van der Waals surface area contributed by atoms with E-state index in [1.165, 1.54) is 0 Å². The minimum absolute atomic E-state index is 0.520. The molecule has 1 radical (unpaired) electrons. The smallest absolute Gasteiger partial charge is 0.146 e. The van der Waals surface area contributed by atoms with Gasteiger partial charge in [0.25, 0.3) is 0 Å². The zero-order chi connectivity index (χ0) is 5.91. The lowest BCUT2D eigenvalue weighted by Gasteiger charge is -2.10. The van der Waals surface area contributed by atoms with Crippen molar-refractivity contribution >= 4 is 23.2 Å². The summed E-state index contributed by atoms with van der Waals surface area (Å²) in [7, 11) is 0. The highest BCUT2D eigenvalue weighted by Crippen LogP contribution is 2.25. The topological polar surface area (TPSA) is 20.2 Å². The van der Waals surface area contributed by atoms with Gasteiger partial charge in [-0.25, -0.2) is 0 Å². The summed E-state index contributed by atoms with van der Waals surface area (Å²) in [5, 5.41) is 8.21. The van der Waals surface area contributed by atoms with E-state index in [9.17, 15) is 0 Å². The Morgan fingerprint density at radius 2 is 2.14 bits per heavy atom. The SMILES string of the molecule is CCC(Cl)(Cl)[CH]O. The van der Waals surface area contributed by atoms with Gasteiger partial charge in [-0.05, 0) is 6.42 Å². The lowest BCUT2D eigenvalue weighted by atomic mass is 10.3. The number of hydrogen-bond acceptors (Lipinski definition) is 1. The third-order valence-corrected chi connectivity index (χ3v) is 1.39. The molecule has 0 aromatic heterocycles. The van der Waals surface area contributed by atoms with Gasteiger partial charge in [-0.1, -0.05) is 30.1 Å². The molecule has 0 aliphatic carbocycles. The maximum Gasteiger partial charge on any atom is 0.146 e. The van der Waals surface area contributed by atoms with Crippen molar-refractivity contribution in [3.05, 3.63) is 6.61 Å². The van der Waals surface area contributed by atoms with E-state index in [4.69, 9.17) is 28.3 Å². The molecule has 0 aromatic rings. The molecule has 7 heavy (non-hydrogen) atoms. The summed E-state index contributed by atoms with van der Waals surface area (Å²) in [5.41, 5.74) is 0. The van der Waals surface area contributed by atoms with E-state index >= 15 is 0 Å². The molecule has 3 heteroatoms. The second-order valence-corrected chi connectivity index (χ2v) is 2.79. The predicted molar refractivity (Wildman–Crippen MR) is 31.0 cm³/mol. The van der Waals surface area contributed by atoms with E-state index in [0.717, 1.165) is 6.61 Å². The maximum atomic E-state index is 8.21. The van der Waals surface area contributed by atoms with Gasteiger partial charge in [-0.15, -0.1) is 0 Å². The number of aliphatic hydroxyl groups is 1. The van der Waals surface area contributed by atoms with E-state index < -0.39 is 4.33 Å². The van der Waals surface area contributed by atoms with Crippen LogP contribution in [0.5, 0.6) is 0 Å². The van der Waals surface area contributed by atoms with Crippen LogP contribution >= 0.6 is 23.2 Å². The van der Waals surface area contributed by atoms with Gasteiger partial charge in [0, 0.05) is 0 Å². The molecule has 0 unspecified atom stereocenters. The standard InChI is InChI=1S/C4H7Cl2O/c1-2-4(5,6)3-7/h3,7H,2H2,1H3. The molecule has 0 fully saturated rings. The van der Waals surface area contributed by atoms with Gasteiger partial charge in [0.05, 0.1) is 0 Å². The third-order valence-electron chi connectivity index (χ3n) is 0.660. The molecule has 0 aliphatic heterocycles. The first-order valence-corrected chi connectivity index (χ1v) is 2.74. The van der Waals surface area contributed by atoms with Crippen LogP contribution in [0.3, 0.4) is 0 Å². The Morgan fingerprint density at radius 3 is 2.14 bits per heavy atom. The fourth-order valence-electron chi connectivity index (χ4n) is 0.0913. The highest BCUT2D eigenvalue weighted by atomic mass is 35.5.